The second-order valence-corrected chi connectivity index (χ2v) is 13.2. The van der Waals surface area contributed by atoms with E-state index in [2.05, 4.69) is 32.6 Å². The van der Waals surface area contributed by atoms with Crippen molar-refractivity contribution in [2.24, 2.45) is 0 Å². The van der Waals surface area contributed by atoms with Gasteiger partial charge in [-0.3, -0.25) is 4.79 Å². The van der Waals surface area contributed by atoms with Crippen molar-refractivity contribution < 1.29 is 41.0 Å². The number of anilines is 3. The maximum atomic E-state index is 14.0. The molecule has 16 heteroatoms. The van der Waals surface area contributed by atoms with Crippen molar-refractivity contribution in [1.29, 1.82) is 0 Å². The third-order valence-electron chi connectivity index (χ3n) is 7.91. The highest BCUT2D eigenvalue weighted by Gasteiger charge is 2.25. The van der Waals surface area contributed by atoms with Crippen LogP contribution in [0.4, 0.5) is 30.8 Å². The number of rotatable bonds is 13. The van der Waals surface area contributed by atoms with Crippen LogP contribution < -0.4 is 15.5 Å². The van der Waals surface area contributed by atoms with Gasteiger partial charge in [0.25, 0.3) is 5.91 Å². The lowest BCUT2D eigenvalue weighted by Gasteiger charge is -2.34. The molecule has 13 nitrogen and oxygen atoms in total. The zero-order chi connectivity index (χ0) is 35.1. The molecule has 0 saturated carbocycles. The Morgan fingerprint density at radius 1 is 0.918 bits per heavy atom. The number of hydrogen-bond donors (Lipinski definition) is 2. The first-order chi connectivity index (χ1) is 23.5. The fraction of sp³-hybridized carbons (Fsp3) is 0.364. The minimum Gasteiger partial charge on any atom is -0.445 e. The number of benzene rings is 3. The van der Waals surface area contributed by atoms with Crippen molar-refractivity contribution in [3.05, 3.63) is 71.8 Å². The molecule has 0 unspecified atom stereocenters. The van der Waals surface area contributed by atoms with Crippen LogP contribution in [0.5, 0.6) is 0 Å². The van der Waals surface area contributed by atoms with E-state index in [1.54, 1.807) is 20.1 Å². The number of carbonyl (C=O) groups is 2. The average Bonchev–Trinajstić information content (AvgIpc) is 3.44. The Hall–Kier alpha value is -4.64. The highest BCUT2D eigenvalue weighted by Crippen LogP contribution is 2.31. The molecular weight excluding hydrogens is 662 g/mol. The lowest BCUT2D eigenvalue weighted by atomic mass is 10.1. The third-order valence-corrected chi connectivity index (χ3v) is 9.64. The Labute approximate surface area is 282 Å². The average molecular weight is 701 g/mol. The van der Waals surface area contributed by atoms with Gasteiger partial charge in [0.2, 0.25) is 9.84 Å². The maximum absolute atomic E-state index is 14.0. The molecule has 5 rings (SSSR count). The summed E-state index contributed by atoms with van der Waals surface area (Å²) in [5.74, 6) is -2.87. The van der Waals surface area contributed by atoms with Gasteiger partial charge in [0.05, 0.1) is 34.1 Å². The number of halogens is 2. The predicted molar refractivity (Wildman–Crippen MR) is 179 cm³/mol. The number of nitrogens with zero attached hydrogens (tertiary/aromatic N) is 4. The van der Waals surface area contributed by atoms with Gasteiger partial charge in [-0.25, -0.2) is 22.0 Å². The van der Waals surface area contributed by atoms with Crippen LogP contribution in [0, 0.1) is 11.6 Å². The molecule has 4 aromatic rings. The molecule has 3 aromatic carbocycles. The molecule has 49 heavy (non-hydrogen) atoms. The Morgan fingerprint density at radius 3 is 2.35 bits per heavy atom. The van der Waals surface area contributed by atoms with Gasteiger partial charge >= 0.3 is 6.09 Å². The van der Waals surface area contributed by atoms with Crippen LogP contribution in [0.1, 0.15) is 17.3 Å². The molecule has 1 fully saturated rings. The Bertz CT molecular complexity index is 1910. The number of amides is 1. The van der Waals surface area contributed by atoms with Crippen LogP contribution in [0.2, 0.25) is 0 Å². The van der Waals surface area contributed by atoms with E-state index in [-0.39, 0.29) is 40.4 Å². The Kier molecular flexibility index (Phi) is 11.4. The van der Waals surface area contributed by atoms with Gasteiger partial charge in [0, 0.05) is 69.3 Å². The van der Waals surface area contributed by atoms with Crippen molar-refractivity contribution in [3.63, 3.8) is 0 Å². The number of nitrogens with one attached hydrogen (secondary N) is 2. The molecule has 0 atom stereocenters. The zero-order valence-corrected chi connectivity index (χ0v) is 28.2. The largest absolute Gasteiger partial charge is 0.445 e. The first kappa shape index (κ1) is 35.7. The molecule has 262 valence electrons. The molecule has 1 aliphatic heterocycles. The summed E-state index contributed by atoms with van der Waals surface area (Å²) in [4.78, 5) is 30.4. The molecule has 0 spiro atoms. The maximum Gasteiger partial charge on any atom is 0.435 e. The molecule has 2 N–H and O–H groups in total. The van der Waals surface area contributed by atoms with Crippen molar-refractivity contribution in [3.8, 4) is 0 Å². The van der Waals surface area contributed by atoms with Gasteiger partial charge in [-0.15, -0.1) is 5.10 Å². The smallest absolute Gasteiger partial charge is 0.435 e. The van der Waals surface area contributed by atoms with Crippen molar-refractivity contribution in [2.75, 3.05) is 88.8 Å². The lowest BCUT2D eigenvalue weighted by Crippen LogP contribution is -2.44. The summed E-state index contributed by atoms with van der Waals surface area (Å²) in [5.41, 5.74) is 1.83. The fourth-order valence-electron chi connectivity index (χ4n) is 5.31. The molecule has 1 aliphatic rings. The number of methoxy groups -OCH3 is 1. The summed E-state index contributed by atoms with van der Waals surface area (Å²) < 4.78 is 71.4. The van der Waals surface area contributed by atoms with Crippen molar-refractivity contribution >= 4 is 49.9 Å². The molecule has 1 saturated heterocycles. The van der Waals surface area contributed by atoms with Crippen molar-refractivity contribution in [2.45, 2.75) is 16.7 Å². The first-order valence-corrected chi connectivity index (χ1v) is 17.1. The van der Waals surface area contributed by atoms with Gasteiger partial charge in [0.15, 0.2) is 5.82 Å². The molecule has 1 amide bonds. The number of hydrogen-bond acceptors (Lipinski definition) is 11. The summed E-state index contributed by atoms with van der Waals surface area (Å²) in [6.45, 7) is 6.49. The van der Waals surface area contributed by atoms with E-state index in [1.165, 1.54) is 18.2 Å². The van der Waals surface area contributed by atoms with E-state index in [1.807, 2.05) is 12.1 Å². The standard InChI is InChI=1S/C33H38F2N6O7S/c1-4-47-15-16-48-33(43)41-30-8-6-25(49(44,45)26-18-22(34)17-23(35)19-26)21-28(30)31(38-41)37-32(42)27-7-5-24(20-29(27)36-9-14-46-3)40-12-10-39(2)11-13-40/h5-8,17-21,36H,4,9-16H2,1-3H3,(H,37,38,42). The minimum atomic E-state index is -4.43. The highest BCUT2D eigenvalue weighted by molar-refractivity contribution is 7.91. The number of aromatic nitrogens is 2. The topological polar surface area (TPSA) is 144 Å². The monoisotopic (exact) mass is 700 g/mol. The molecule has 0 bridgehead atoms. The van der Waals surface area contributed by atoms with Crippen LogP contribution >= 0.6 is 0 Å². The van der Waals surface area contributed by atoms with Crippen LogP contribution in [0.3, 0.4) is 0 Å². The van der Waals surface area contributed by atoms with E-state index >= 15 is 0 Å². The number of sulfone groups is 1. The van der Waals surface area contributed by atoms with Gasteiger partial charge in [-0.05, 0) is 62.5 Å². The molecule has 0 radical (unpaired) electrons. The quantitative estimate of drug-likeness (QED) is 0.194. The minimum absolute atomic E-state index is 0.0657. The summed E-state index contributed by atoms with van der Waals surface area (Å²) in [5, 5.41) is 10.3. The van der Waals surface area contributed by atoms with Gasteiger partial charge < -0.3 is 34.6 Å². The zero-order valence-electron chi connectivity index (χ0n) is 27.4. The molecular formula is C33H38F2N6O7S. The summed E-state index contributed by atoms with van der Waals surface area (Å²) in [7, 11) is -0.804. The van der Waals surface area contributed by atoms with E-state index in [0.717, 1.165) is 36.5 Å². The van der Waals surface area contributed by atoms with Crippen LogP contribution in [0.15, 0.2) is 64.4 Å². The SMILES string of the molecule is CCOCCOC(=O)n1nc(NC(=O)c2ccc(N3CCN(C)CC3)cc2NCCOC)c2cc(S(=O)(=O)c3cc(F)cc(F)c3)ccc21. The third kappa shape index (κ3) is 8.33. The summed E-state index contributed by atoms with van der Waals surface area (Å²) in [6, 6.07) is 11.0. The second-order valence-electron chi connectivity index (χ2n) is 11.3. The summed E-state index contributed by atoms with van der Waals surface area (Å²) in [6.07, 6.45) is -0.897. The highest BCUT2D eigenvalue weighted by atomic mass is 32.2. The number of likely N-dealkylation sites (N-methyl/N-ethyl adjacent to an activating group) is 1. The number of ether oxygens (including phenoxy) is 3. The lowest BCUT2D eigenvalue weighted by molar-refractivity contribution is 0.0786. The number of fused-ring (bicyclic) bond motifs is 1. The van der Waals surface area contributed by atoms with Crippen LogP contribution in [0.25, 0.3) is 10.9 Å². The van der Waals surface area contributed by atoms with Gasteiger partial charge in [-0.2, -0.15) is 4.68 Å². The Balaban J connectivity index is 1.53. The van der Waals surface area contributed by atoms with E-state index in [9.17, 15) is 26.8 Å². The molecule has 0 aliphatic carbocycles. The van der Waals surface area contributed by atoms with Gasteiger partial charge in [0.1, 0.15) is 18.2 Å². The van der Waals surface area contributed by atoms with Gasteiger partial charge in [-0.1, -0.05) is 0 Å². The van der Waals surface area contributed by atoms with E-state index in [4.69, 9.17) is 14.2 Å². The van der Waals surface area contributed by atoms with Crippen molar-refractivity contribution in [1.82, 2.24) is 14.7 Å². The van der Waals surface area contributed by atoms with E-state index in [0.29, 0.717) is 43.6 Å². The number of piperazine rings is 1. The Morgan fingerprint density at radius 2 is 1.65 bits per heavy atom. The number of carbonyl (C=O) groups excluding carboxylic acids is 2. The van der Waals surface area contributed by atoms with E-state index < -0.39 is 38.4 Å². The normalized spacial score (nSPS) is 13.9. The predicted octanol–water partition coefficient (Wildman–Crippen LogP) is 4.23. The molecule has 1 aromatic heterocycles. The summed E-state index contributed by atoms with van der Waals surface area (Å²) >= 11 is 0. The first-order valence-electron chi connectivity index (χ1n) is 15.6. The van der Waals surface area contributed by atoms with Crippen LogP contribution in [-0.4, -0.2) is 108 Å². The van der Waals surface area contributed by atoms with Crippen LogP contribution in [-0.2, 0) is 24.0 Å². The second kappa shape index (κ2) is 15.7. The fourth-order valence-corrected chi connectivity index (χ4v) is 6.64. The molecule has 2 heterocycles.